The fraction of sp³-hybridized carbons (Fsp3) is 0.235. The lowest BCUT2D eigenvalue weighted by Crippen LogP contribution is -2.06. The van der Waals surface area contributed by atoms with Gasteiger partial charge in [0, 0.05) is 12.0 Å². The summed E-state index contributed by atoms with van der Waals surface area (Å²) in [5, 5.41) is 9.18. The molecule has 0 saturated heterocycles. The quantitative estimate of drug-likeness (QED) is 0.808. The van der Waals surface area contributed by atoms with E-state index in [4.69, 9.17) is 9.47 Å². The smallest absolute Gasteiger partial charge is 0.127 e. The van der Waals surface area contributed by atoms with E-state index in [9.17, 15) is 9.65 Å². The van der Waals surface area contributed by atoms with Gasteiger partial charge in [-0.25, -0.2) is 4.39 Å². The minimum absolute atomic E-state index is 0.346. The third-order valence-electron chi connectivity index (χ3n) is 3.17. The highest BCUT2D eigenvalue weighted by molar-refractivity contribution is 5.31. The SMILES string of the molecule is COc1ccc(OCCC(C#N)c2ccccc2F)cc1. The molecule has 0 aliphatic heterocycles. The van der Waals surface area contributed by atoms with Gasteiger partial charge in [-0.05, 0) is 30.3 Å². The van der Waals surface area contributed by atoms with Crippen LogP contribution in [-0.4, -0.2) is 13.7 Å². The van der Waals surface area contributed by atoms with Crippen molar-refractivity contribution in [3.8, 4) is 17.6 Å². The summed E-state index contributed by atoms with van der Waals surface area (Å²) in [6.07, 6.45) is 0.434. The van der Waals surface area contributed by atoms with Crippen molar-refractivity contribution in [1.82, 2.24) is 0 Å². The summed E-state index contributed by atoms with van der Waals surface area (Å²) in [6, 6.07) is 15.7. The highest BCUT2D eigenvalue weighted by Gasteiger charge is 2.14. The largest absolute Gasteiger partial charge is 0.497 e. The molecule has 0 aromatic heterocycles. The van der Waals surface area contributed by atoms with Crippen LogP contribution in [-0.2, 0) is 0 Å². The van der Waals surface area contributed by atoms with Gasteiger partial charge in [0.1, 0.15) is 17.3 Å². The first-order chi connectivity index (χ1) is 10.2. The molecule has 0 aliphatic rings. The van der Waals surface area contributed by atoms with E-state index in [1.54, 1.807) is 49.6 Å². The molecule has 0 heterocycles. The van der Waals surface area contributed by atoms with Crippen LogP contribution in [0.5, 0.6) is 11.5 Å². The second-order valence-corrected chi connectivity index (χ2v) is 4.52. The Hall–Kier alpha value is -2.54. The minimum Gasteiger partial charge on any atom is -0.497 e. The van der Waals surface area contributed by atoms with Gasteiger partial charge in [0.05, 0.1) is 25.7 Å². The van der Waals surface area contributed by atoms with Crippen LogP contribution in [0, 0.1) is 17.1 Å². The van der Waals surface area contributed by atoms with Crippen LogP contribution >= 0.6 is 0 Å². The van der Waals surface area contributed by atoms with Gasteiger partial charge in [-0.15, -0.1) is 0 Å². The van der Waals surface area contributed by atoms with E-state index in [1.807, 2.05) is 0 Å². The number of hydrogen-bond acceptors (Lipinski definition) is 3. The van der Waals surface area contributed by atoms with Crippen molar-refractivity contribution in [2.45, 2.75) is 12.3 Å². The Balaban J connectivity index is 1.92. The molecule has 0 fully saturated rings. The monoisotopic (exact) mass is 285 g/mol. The van der Waals surface area contributed by atoms with Crippen LogP contribution in [0.15, 0.2) is 48.5 Å². The van der Waals surface area contributed by atoms with Crippen molar-refractivity contribution >= 4 is 0 Å². The number of methoxy groups -OCH3 is 1. The summed E-state index contributed by atoms with van der Waals surface area (Å²) in [5.41, 5.74) is 0.415. The van der Waals surface area contributed by atoms with Gasteiger partial charge in [0.15, 0.2) is 0 Å². The minimum atomic E-state index is -0.510. The molecule has 0 saturated carbocycles. The molecule has 4 heteroatoms. The first-order valence-corrected chi connectivity index (χ1v) is 6.65. The first kappa shape index (κ1) is 14.9. The van der Waals surface area contributed by atoms with E-state index in [-0.39, 0.29) is 5.82 Å². The third-order valence-corrected chi connectivity index (χ3v) is 3.17. The third kappa shape index (κ3) is 3.96. The molecule has 0 radical (unpaired) electrons. The zero-order valence-electron chi connectivity index (χ0n) is 11.8. The predicted octanol–water partition coefficient (Wildman–Crippen LogP) is 3.91. The number of benzene rings is 2. The molecule has 1 atom stereocenters. The number of hydrogen-bond donors (Lipinski definition) is 0. The predicted molar refractivity (Wildman–Crippen MR) is 77.9 cm³/mol. The molecule has 108 valence electrons. The summed E-state index contributed by atoms with van der Waals surface area (Å²) < 4.78 is 24.3. The van der Waals surface area contributed by atoms with Crippen LogP contribution < -0.4 is 9.47 Å². The molecule has 0 N–H and O–H groups in total. The highest BCUT2D eigenvalue weighted by Crippen LogP contribution is 2.23. The van der Waals surface area contributed by atoms with Crippen LogP contribution in [0.4, 0.5) is 4.39 Å². The van der Waals surface area contributed by atoms with Crippen molar-refractivity contribution in [1.29, 1.82) is 5.26 Å². The lowest BCUT2D eigenvalue weighted by Gasteiger charge is -2.11. The fourth-order valence-electron chi connectivity index (χ4n) is 2.01. The van der Waals surface area contributed by atoms with E-state index in [1.165, 1.54) is 6.07 Å². The zero-order chi connectivity index (χ0) is 15.1. The molecule has 21 heavy (non-hydrogen) atoms. The van der Waals surface area contributed by atoms with Crippen molar-refractivity contribution in [2.24, 2.45) is 0 Å². The summed E-state index contributed by atoms with van der Waals surface area (Å²) >= 11 is 0. The maximum absolute atomic E-state index is 13.7. The second kappa shape index (κ2) is 7.30. The average Bonchev–Trinajstić information content (AvgIpc) is 2.53. The zero-order valence-corrected chi connectivity index (χ0v) is 11.8. The maximum atomic E-state index is 13.7. The topological polar surface area (TPSA) is 42.2 Å². The summed E-state index contributed by atoms with van der Waals surface area (Å²) in [7, 11) is 1.60. The molecule has 0 bridgehead atoms. The lowest BCUT2D eigenvalue weighted by molar-refractivity contribution is 0.304. The number of nitriles is 1. The molecule has 3 nitrogen and oxygen atoms in total. The number of nitrogens with zero attached hydrogens (tertiary/aromatic N) is 1. The van der Waals surface area contributed by atoms with Crippen LogP contribution in [0.25, 0.3) is 0 Å². The van der Waals surface area contributed by atoms with E-state index in [0.717, 1.165) is 5.75 Å². The molecule has 0 amide bonds. The van der Waals surface area contributed by atoms with Gasteiger partial charge in [-0.2, -0.15) is 5.26 Å². The van der Waals surface area contributed by atoms with E-state index in [0.29, 0.717) is 24.3 Å². The van der Waals surface area contributed by atoms with Crippen molar-refractivity contribution in [3.05, 3.63) is 59.9 Å². The Morgan fingerprint density at radius 2 is 1.76 bits per heavy atom. The lowest BCUT2D eigenvalue weighted by atomic mass is 9.97. The Morgan fingerprint density at radius 1 is 1.10 bits per heavy atom. The number of halogens is 1. The van der Waals surface area contributed by atoms with Crippen LogP contribution in [0.2, 0.25) is 0 Å². The van der Waals surface area contributed by atoms with Gasteiger partial charge in [0.2, 0.25) is 0 Å². The Bertz CT molecular complexity index is 619. The Kier molecular flexibility index (Phi) is 5.16. The van der Waals surface area contributed by atoms with E-state index < -0.39 is 5.92 Å². The van der Waals surface area contributed by atoms with Crippen LogP contribution in [0.3, 0.4) is 0 Å². The molecule has 1 unspecified atom stereocenters. The normalized spacial score (nSPS) is 11.5. The Morgan fingerprint density at radius 3 is 2.38 bits per heavy atom. The molecular formula is C17H16FNO2. The Labute approximate surface area is 123 Å². The standard InChI is InChI=1S/C17H16FNO2/c1-20-14-6-8-15(9-7-14)21-11-10-13(12-19)16-4-2-3-5-17(16)18/h2-9,13H,10-11H2,1H3. The fourth-order valence-corrected chi connectivity index (χ4v) is 2.01. The van der Waals surface area contributed by atoms with E-state index in [2.05, 4.69) is 6.07 Å². The van der Waals surface area contributed by atoms with Crippen molar-refractivity contribution in [2.75, 3.05) is 13.7 Å². The molecule has 0 spiro atoms. The van der Waals surface area contributed by atoms with Crippen molar-refractivity contribution in [3.63, 3.8) is 0 Å². The van der Waals surface area contributed by atoms with E-state index >= 15 is 0 Å². The highest BCUT2D eigenvalue weighted by atomic mass is 19.1. The van der Waals surface area contributed by atoms with Crippen LogP contribution in [0.1, 0.15) is 17.9 Å². The van der Waals surface area contributed by atoms with Gasteiger partial charge in [-0.3, -0.25) is 0 Å². The summed E-state index contributed by atoms with van der Waals surface area (Å²) in [4.78, 5) is 0. The molecule has 0 aliphatic carbocycles. The van der Waals surface area contributed by atoms with Gasteiger partial charge < -0.3 is 9.47 Å². The van der Waals surface area contributed by atoms with Gasteiger partial charge >= 0.3 is 0 Å². The number of ether oxygens (including phenoxy) is 2. The molecule has 2 rings (SSSR count). The molecule has 2 aromatic rings. The number of rotatable bonds is 6. The molecule has 2 aromatic carbocycles. The molecular weight excluding hydrogens is 269 g/mol. The van der Waals surface area contributed by atoms with Crippen molar-refractivity contribution < 1.29 is 13.9 Å². The maximum Gasteiger partial charge on any atom is 0.127 e. The first-order valence-electron chi connectivity index (χ1n) is 6.65. The van der Waals surface area contributed by atoms with Gasteiger partial charge in [-0.1, -0.05) is 18.2 Å². The summed E-state index contributed by atoms with van der Waals surface area (Å²) in [6.45, 7) is 0.346. The second-order valence-electron chi connectivity index (χ2n) is 4.52. The average molecular weight is 285 g/mol. The van der Waals surface area contributed by atoms with Gasteiger partial charge in [0.25, 0.3) is 0 Å². The summed E-state index contributed by atoms with van der Waals surface area (Å²) in [5.74, 6) is 0.586.